The fourth-order valence-corrected chi connectivity index (χ4v) is 1.20. The smallest absolute Gasteiger partial charge is 0.422 e. The van der Waals surface area contributed by atoms with Crippen molar-refractivity contribution in [1.82, 2.24) is 4.67 Å². The zero-order valence-corrected chi connectivity index (χ0v) is 7.43. The van der Waals surface area contributed by atoms with Crippen LogP contribution in [0.3, 0.4) is 0 Å². The number of hydrogen-bond donors (Lipinski definition) is 2. The minimum absolute atomic E-state index is 0.180. The van der Waals surface area contributed by atoms with Crippen molar-refractivity contribution >= 4 is 14.6 Å². The number of aliphatic carboxylic acids is 1. The van der Waals surface area contributed by atoms with Crippen LogP contribution in [0.1, 0.15) is 0 Å². The molecule has 0 aromatic heterocycles. The number of aliphatic hydroxyl groups is 1. The summed E-state index contributed by atoms with van der Waals surface area (Å²) in [7, 11) is -0.893. The van der Waals surface area contributed by atoms with Crippen molar-refractivity contribution in [3.05, 3.63) is 12.7 Å². The Hall–Kier alpha value is -0.770. The molecule has 0 bridgehead atoms. The second-order valence-corrected chi connectivity index (χ2v) is 2.83. The summed E-state index contributed by atoms with van der Waals surface area (Å²) in [6, 6.07) is -1.11. The van der Waals surface area contributed by atoms with E-state index in [0.717, 1.165) is 4.67 Å². The molecule has 0 fully saturated rings. The van der Waals surface area contributed by atoms with Crippen LogP contribution in [0.25, 0.3) is 0 Å². The second kappa shape index (κ2) is 5.83. The van der Waals surface area contributed by atoms with Crippen molar-refractivity contribution in [3.63, 3.8) is 0 Å². The second-order valence-electron chi connectivity index (χ2n) is 2.07. The molecule has 0 amide bonds. The number of rotatable bonds is 6. The van der Waals surface area contributed by atoms with E-state index in [1.54, 1.807) is 0 Å². The monoisotopic (exact) mass is 192 g/mol. The molecule has 0 aromatic rings. The van der Waals surface area contributed by atoms with E-state index in [2.05, 4.69) is 6.58 Å². The Morgan fingerprint density at radius 2 is 2.33 bits per heavy atom. The summed E-state index contributed by atoms with van der Waals surface area (Å²) in [5, 5.41) is 17.2. The van der Waals surface area contributed by atoms with Crippen LogP contribution >= 0.6 is 8.61 Å². The van der Waals surface area contributed by atoms with E-state index in [-0.39, 0.29) is 6.54 Å². The van der Waals surface area contributed by atoms with E-state index in [9.17, 15) is 9.36 Å². The molecule has 12 heavy (non-hydrogen) atoms. The molecule has 0 heterocycles. The van der Waals surface area contributed by atoms with Crippen molar-refractivity contribution in [2.45, 2.75) is 6.04 Å². The van der Waals surface area contributed by atoms with Gasteiger partial charge in [-0.1, -0.05) is 15.3 Å². The summed E-state index contributed by atoms with van der Waals surface area (Å²) in [4.78, 5) is 10.4. The molecular formula is C6H11NO4P+. The quantitative estimate of drug-likeness (QED) is 0.452. The average molecular weight is 192 g/mol. The van der Waals surface area contributed by atoms with Crippen LogP contribution in [-0.4, -0.2) is 40.0 Å². The van der Waals surface area contributed by atoms with E-state index in [0.29, 0.717) is 0 Å². The maximum absolute atomic E-state index is 10.5. The first-order chi connectivity index (χ1) is 5.67. The maximum atomic E-state index is 10.5. The Bertz CT molecular complexity index is 184. The molecule has 0 saturated carbocycles. The maximum Gasteiger partial charge on any atom is 0.422 e. The Kier molecular flexibility index (Phi) is 5.45. The number of nitrogens with zero attached hydrogens (tertiary/aromatic N) is 1. The van der Waals surface area contributed by atoms with Gasteiger partial charge in [0, 0.05) is 0 Å². The van der Waals surface area contributed by atoms with Gasteiger partial charge < -0.3 is 10.2 Å². The van der Waals surface area contributed by atoms with Gasteiger partial charge in [0.25, 0.3) is 0 Å². The van der Waals surface area contributed by atoms with E-state index >= 15 is 0 Å². The highest BCUT2D eigenvalue weighted by molar-refractivity contribution is 7.20. The molecule has 2 atom stereocenters. The van der Waals surface area contributed by atoms with Crippen molar-refractivity contribution in [3.8, 4) is 0 Å². The molecule has 2 N–H and O–H groups in total. The molecule has 0 aliphatic carbocycles. The molecule has 0 saturated heterocycles. The van der Waals surface area contributed by atoms with Gasteiger partial charge in [0.2, 0.25) is 0 Å². The van der Waals surface area contributed by atoms with Crippen LogP contribution in [0.15, 0.2) is 12.7 Å². The lowest BCUT2D eigenvalue weighted by Crippen LogP contribution is -2.38. The molecule has 2 unspecified atom stereocenters. The highest BCUT2D eigenvalue weighted by Gasteiger charge is 2.29. The van der Waals surface area contributed by atoms with Crippen LogP contribution in [0.2, 0.25) is 0 Å². The average Bonchev–Trinajstić information content (AvgIpc) is 2.03. The van der Waals surface area contributed by atoms with Gasteiger partial charge in [-0.25, -0.2) is 0 Å². The van der Waals surface area contributed by atoms with E-state index in [1.807, 2.05) is 0 Å². The molecule has 5 nitrogen and oxygen atoms in total. The fourth-order valence-electron chi connectivity index (χ4n) is 0.677. The van der Waals surface area contributed by atoms with Crippen molar-refractivity contribution in [2.75, 3.05) is 13.2 Å². The molecule has 6 heteroatoms. The number of hydrogen-bond acceptors (Lipinski definition) is 3. The standard InChI is InChI=1S/C6H10NO4P/c1-2-3-7(12-11)5(4-8)6(9)10/h2,5,8H,1,3-4H2,(H,9,10)/p+1. The summed E-state index contributed by atoms with van der Waals surface area (Å²) in [5.41, 5.74) is 0. The summed E-state index contributed by atoms with van der Waals surface area (Å²) in [5.74, 6) is -1.19. The number of carboxylic acids is 1. The Morgan fingerprint density at radius 3 is 2.58 bits per heavy atom. The summed E-state index contributed by atoms with van der Waals surface area (Å²) < 4.78 is 11.6. The Labute approximate surface area is 71.6 Å². The first-order valence-corrected chi connectivity index (χ1v) is 4.11. The van der Waals surface area contributed by atoms with Gasteiger partial charge in [0.05, 0.1) is 13.2 Å². The van der Waals surface area contributed by atoms with Gasteiger partial charge in [0.1, 0.15) is 0 Å². The SMILES string of the molecule is C=CCN([PH+]=O)C(CO)C(=O)O. The van der Waals surface area contributed by atoms with Gasteiger partial charge in [-0.05, 0) is 0 Å². The third-order valence-corrected chi connectivity index (χ3v) is 2.01. The van der Waals surface area contributed by atoms with Crippen LogP contribution in [-0.2, 0) is 9.36 Å². The van der Waals surface area contributed by atoms with Gasteiger partial charge in [0.15, 0.2) is 6.04 Å². The summed E-state index contributed by atoms with van der Waals surface area (Å²) in [6.45, 7) is 3.00. The first kappa shape index (κ1) is 11.2. The van der Waals surface area contributed by atoms with E-state index in [1.165, 1.54) is 6.08 Å². The van der Waals surface area contributed by atoms with E-state index in [4.69, 9.17) is 10.2 Å². The Morgan fingerprint density at radius 1 is 1.75 bits per heavy atom. The van der Waals surface area contributed by atoms with E-state index < -0.39 is 27.2 Å². The number of carboxylic acid groups (broad SMARTS) is 1. The van der Waals surface area contributed by atoms with Crippen LogP contribution in [0, 0.1) is 0 Å². The highest BCUT2D eigenvalue weighted by Crippen LogP contribution is 2.10. The molecule has 0 spiro atoms. The molecular weight excluding hydrogens is 181 g/mol. The third kappa shape index (κ3) is 3.09. The summed E-state index contributed by atoms with van der Waals surface area (Å²) in [6.07, 6.45) is 1.43. The fraction of sp³-hybridized carbons (Fsp3) is 0.500. The van der Waals surface area contributed by atoms with Gasteiger partial charge in [-0.2, -0.15) is 0 Å². The minimum atomic E-state index is -1.19. The molecule has 0 aliphatic heterocycles. The van der Waals surface area contributed by atoms with Gasteiger partial charge >= 0.3 is 14.6 Å². The predicted octanol–water partition coefficient (Wildman–Crippen LogP) is -0.141. The Balaban J connectivity index is 4.31. The lowest BCUT2D eigenvalue weighted by molar-refractivity contribution is -0.142. The van der Waals surface area contributed by atoms with Crippen LogP contribution in [0.5, 0.6) is 0 Å². The van der Waals surface area contributed by atoms with Crippen molar-refractivity contribution < 1.29 is 19.6 Å². The molecule has 0 aliphatic rings. The molecule has 0 rings (SSSR count). The predicted molar refractivity (Wildman–Crippen MR) is 44.4 cm³/mol. The lowest BCUT2D eigenvalue weighted by atomic mass is 10.3. The first-order valence-electron chi connectivity index (χ1n) is 3.26. The van der Waals surface area contributed by atoms with Gasteiger partial charge in [-0.3, -0.25) is 4.79 Å². The van der Waals surface area contributed by atoms with Crippen molar-refractivity contribution in [2.24, 2.45) is 0 Å². The molecule has 68 valence electrons. The molecule has 0 aromatic carbocycles. The number of carbonyl (C=O) groups is 1. The largest absolute Gasteiger partial charge is 0.480 e. The number of aliphatic hydroxyl groups excluding tert-OH is 1. The van der Waals surface area contributed by atoms with Crippen LogP contribution in [0.4, 0.5) is 0 Å². The zero-order chi connectivity index (χ0) is 9.56. The van der Waals surface area contributed by atoms with Crippen LogP contribution < -0.4 is 0 Å². The topological polar surface area (TPSA) is 77.8 Å². The third-order valence-electron chi connectivity index (χ3n) is 1.28. The highest BCUT2D eigenvalue weighted by atomic mass is 31.1. The lowest BCUT2D eigenvalue weighted by Gasteiger charge is -2.11. The van der Waals surface area contributed by atoms with Gasteiger partial charge in [-0.15, -0.1) is 6.58 Å². The molecule has 0 radical (unpaired) electrons. The summed E-state index contributed by atoms with van der Waals surface area (Å²) >= 11 is 0. The van der Waals surface area contributed by atoms with Crippen molar-refractivity contribution in [1.29, 1.82) is 0 Å². The minimum Gasteiger partial charge on any atom is -0.480 e. The normalized spacial score (nSPS) is 13.2. The zero-order valence-electron chi connectivity index (χ0n) is 6.43.